The van der Waals surface area contributed by atoms with Crippen molar-refractivity contribution >= 4 is 34.5 Å². The molecule has 1 unspecified atom stereocenters. The van der Waals surface area contributed by atoms with E-state index in [1.807, 2.05) is 35.7 Å². The Labute approximate surface area is 188 Å². The minimum Gasteiger partial charge on any atom is -0.378 e. The number of rotatable bonds is 7. The molecule has 1 aromatic heterocycles. The van der Waals surface area contributed by atoms with Gasteiger partial charge >= 0.3 is 0 Å². The van der Waals surface area contributed by atoms with Gasteiger partial charge in [0.2, 0.25) is 11.8 Å². The Morgan fingerprint density at radius 3 is 2.23 bits per heavy atom. The van der Waals surface area contributed by atoms with Gasteiger partial charge in [0.15, 0.2) is 0 Å². The van der Waals surface area contributed by atoms with Crippen molar-refractivity contribution in [1.82, 2.24) is 5.32 Å². The summed E-state index contributed by atoms with van der Waals surface area (Å²) in [5.74, 6) is 2.38. The topological polar surface area (TPSA) is 70.2 Å². The number of carbonyl (C=O) groups is 2. The number of carbonyl (C=O) groups excluding carboxylic acids is 2. The van der Waals surface area contributed by atoms with E-state index in [2.05, 4.69) is 22.0 Å². The van der Waals surface area contributed by atoms with E-state index in [4.69, 9.17) is 0 Å². The number of hydrogen-bond donors (Lipinski definition) is 3. The molecule has 1 heterocycles. The number of para-hydroxylation sites is 2. The van der Waals surface area contributed by atoms with Gasteiger partial charge in [0.25, 0.3) is 0 Å². The third-order valence-electron chi connectivity index (χ3n) is 7.29. The molecule has 6 rings (SSSR count). The van der Waals surface area contributed by atoms with E-state index >= 15 is 0 Å². The maximum atomic E-state index is 12.9. The van der Waals surface area contributed by atoms with Crippen LogP contribution in [-0.2, 0) is 9.59 Å². The van der Waals surface area contributed by atoms with Gasteiger partial charge < -0.3 is 16.0 Å². The summed E-state index contributed by atoms with van der Waals surface area (Å²) >= 11 is 1.55. The molecule has 4 saturated carbocycles. The molecular weight excluding hydrogens is 406 g/mol. The van der Waals surface area contributed by atoms with E-state index in [1.165, 1.54) is 45.4 Å². The Kier molecular flexibility index (Phi) is 5.51. The van der Waals surface area contributed by atoms with Crippen molar-refractivity contribution in [1.29, 1.82) is 0 Å². The van der Waals surface area contributed by atoms with Crippen molar-refractivity contribution in [3.8, 4) is 0 Å². The van der Waals surface area contributed by atoms with E-state index in [0.29, 0.717) is 0 Å². The highest BCUT2D eigenvalue weighted by atomic mass is 32.1. The van der Waals surface area contributed by atoms with Gasteiger partial charge in [0, 0.05) is 17.3 Å². The van der Waals surface area contributed by atoms with Crippen LogP contribution in [0.15, 0.2) is 41.8 Å². The Hall–Kier alpha value is -2.34. The molecule has 4 bridgehead atoms. The molecule has 164 valence electrons. The molecule has 1 aromatic carbocycles. The molecule has 2 aromatic rings. The fraction of sp³-hybridized carbons (Fsp3) is 0.520. The van der Waals surface area contributed by atoms with Crippen LogP contribution in [0.3, 0.4) is 0 Å². The van der Waals surface area contributed by atoms with Crippen LogP contribution in [0.5, 0.6) is 0 Å². The van der Waals surface area contributed by atoms with E-state index < -0.39 is 0 Å². The van der Waals surface area contributed by atoms with Crippen LogP contribution in [0.1, 0.15) is 62.8 Å². The molecule has 0 saturated heterocycles. The second kappa shape index (κ2) is 8.30. The predicted octanol–water partition coefficient (Wildman–Crippen LogP) is 5.33. The molecule has 4 aliphatic carbocycles. The zero-order valence-electron chi connectivity index (χ0n) is 18.0. The van der Waals surface area contributed by atoms with Gasteiger partial charge in [-0.3, -0.25) is 9.59 Å². The van der Waals surface area contributed by atoms with Crippen molar-refractivity contribution in [2.75, 3.05) is 10.6 Å². The maximum absolute atomic E-state index is 12.9. The molecule has 0 radical (unpaired) electrons. The lowest BCUT2D eigenvalue weighted by molar-refractivity contribution is -0.120. The summed E-state index contributed by atoms with van der Waals surface area (Å²) in [5.41, 5.74) is 2.03. The quantitative estimate of drug-likeness (QED) is 0.548. The zero-order chi connectivity index (χ0) is 21.4. The monoisotopic (exact) mass is 437 g/mol. The summed E-state index contributed by atoms with van der Waals surface area (Å²) < 4.78 is 0. The minimum absolute atomic E-state index is 0.0908. The van der Waals surface area contributed by atoms with E-state index in [1.54, 1.807) is 11.3 Å². The van der Waals surface area contributed by atoms with Crippen LogP contribution in [-0.4, -0.2) is 17.4 Å². The van der Waals surface area contributed by atoms with Crippen LogP contribution >= 0.6 is 11.3 Å². The smallest absolute Gasteiger partial charge is 0.226 e. The third kappa shape index (κ3) is 4.49. The molecule has 1 atom stereocenters. The normalized spacial score (nSPS) is 29.4. The van der Waals surface area contributed by atoms with E-state index in [0.717, 1.165) is 34.0 Å². The van der Waals surface area contributed by atoms with Gasteiger partial charge in [-0.2, -0.15) is 0 Å². The van der Waals surface area contributed by atoms with Crippen molar-refractivity contribution in [2.24, 2.45) is 17.8 Å². The highest BCUT2D eigenvalue weighted by Gasteiger charge is 2.51. The van der Waals surface area contributed by atoms with E-state index in [-0.39, 0.29) is 29.8 Å². The fourth-order valence-corrected chi connectivity index (χ4v) is 7.37. The Morgan fingerprint density at radius 2 is 1.65 bits per heavy atom. The number of thiophene rings is 1. The molecule has 4 fully saturated rings. The van der Waals surface area contributed by atoms with Crippen LogP contribution in [0, 0.1) is 17.8 Å². The average Bonchev–Trinajstić information content (AvgIpc) is 3.22. The Balaban J connectivity index is 1.29. The van der Waals surface area contributed by atoms with Gasteiger partial charge in [-0.05, 0) is 79.9 Å². The lowest BCUT2D eigenvalue weighted by Gasteiger charge is -2.57. The molecule has 0 aliphatic heterocycles. The highest BCUT2D eigenvalue weighted by Crippen LogP contribution is 2.56. The number of amides is 2. The summed E-state index contributed by atoms with van der Waals surface area (Å²) in [4.78, 5) is 25.6. The van der Waals surface area contributed by atoms with Gasteiger partial charge in [0.1, 0.15) is 0 Å². The minimum atomic E-state index is -0.305. The lowest BCUT2D eigenvalue weighted by Crippen LogP contribution is -2.54. The average molecular weight is 438 g/mol. The van der Waals surface area contributed by atoms with Gasteiger partial charge in [-0.25, -0.2) is 0 Å². The lowest BCUT2D eigenvalue weighted by atomic mass is 9.53. The van der Waals surface area contributed by atoms with Crippen LogP contribution in [0.25, 0.3) is 0 Å². The first-order valence-corrected chi connectivity index (χ1v) is 12.3. The van der Waals surface area contributed by atoms with E-state index in [9.17, 15) is 9.59 Å². The summed E-state index contributed by atoms with van der Waals surface area (Å²) in [6.07, 6.45) is 8.20. The fourth-order valence-electron chi connectivity index (χ4n) is 6.59. The van der Waals surface area contributed by atoms with Crippen molar-refractivity contribution in [2.45, 2.75) is 63.5 Å². The van der Waals surface area contributed by atoms with Crippen LogP contribution < -0.4 is 16.0 Å². The zero-order valence-corrected chi connectivity index (χ0v) is 18.8. The summed E-state index contributed by atoms with van der Waals surface area (Å²) in [6.45, 7) is 1.49. The summed E-state index contributed by atoms with van der Waals surface area (Å²) in [5, 5.41) is 11.9. The molecule has 2 amide bonds. The summed E-state index contributed by atoms with van der Waals surface area (Å²) in [7, 11) is 0. The molecule has 5 nitrogen and oxygen atoms in total. The number of hydrogen-bond acceptors (Lipinski definition) is 4. The number of anilines is 2. The van der Waals surface area contributed by atoms with Gasteiger partial charge in [0.05, 0.1) is 23.8 Å². The number of benzene rings is 1. The molecule has 3 N–H and O–H groups in total. The first-order valence-electron chi connectivity index (χ1n) is 11.5. The maximum Gasteiger partial charge on any atom is 0.226 e. The van der Waals surface area contributed by atoms with Crippen molar-refractivity contribution in [3.63, 3.8) is 0 Å². The van der Waals surface area contributed by atoms with Crippen molar-refractivity contribution < 1.29 is 9.59 Å². The van der Waals surface area contributed by atoms with Crippen LogP contribution in [0.2, 0.25) is 0 Å². The molecule has 4 aliphatic rings. The molecule has 0 spiro atoms. The molecule has 6 heteroatoms. The largest absolute Gasteiger partial charge is 0.378 e. The van der Waals surface area contributed by atoms with Gasteiger partial charge in [-0.15, -0.1) is 11.3 Å². The standard InChI is InChI=1S/C25H31N3O2S/c1-16(29)26-22(23-7-4-8-31-23)12-24(30)27-20-5-2-3-6-21(20)28-25-13-17-9-18(14-25)11-19(10-17)15-25/h2-8,17-19,22,28H,9-15H2,1H3,(H,26,29)(H,27,30). The van der Waals surface area contributed by atoms with Gasteiger partial charge in [-0.1, -0.05) is 18.2 Å². The number of nitrogens with one attached hydrogen (secondary N) is 3. The highest BCUT2D eigenvalue weighted by molar-refractivity contribution is 7.10. The Morgan fingerprint density at radius 1 is 1.00 bits per heavy atom. The molecular formula is C25H31N3O2S. The second-order valence-electron chi connectivity index (χ2n) is 9.89. The third-order valence-corrected chi connectivity index (χ3v) is 8.28. The summed E-state index contributed by atoms with van der Waals surface area (Å²) in [6, 6.07) is 11.6. The first kappa shape index (κ1) is 20.6. The predicted molar refractivity (Wildman–Crippen MR) is 125 cm³/mol. The second-order valence-corrected chi connectivity index (χ2v) is 10.9. The molecule has 31 heavy (non-hydrogen) atoms. The Bertz CT molecular complexity index is 920. The first-order chi connectivity index (χ1) is 15.0. The van der Waals surface area contributed by atoms with Crippen LogP contribution in [0.4, 0.5) is 11.4 Å². The van der Waals surface area contributed by atoms with Crippen molar-refractivity contribution in [3.05, 3.63) is 46.7 Å². The SMILES string of the molecule is CC(=O)NC(CC(=O)Nc1ccccc1NC12CC3CC(CC(C3)C1)C2)c1cccs1.